The van der Waals surface area contributed by atoms with Crippen molar-refractivity contribution in [1.29, 1.82) is 0 Å². The largest absolute Gasteiger partial charge is 0.512 e. The summed E-state index contributed by atoms with van der Waals surface area (Å²) in [5.41, 5.74) is 0.281. The predicted octanol–water partition coefficient (Wildman–Crippen LogP) is 1.96. The standard InChI is InChI=1S/C9H14O3/c1-4-12-6-5-9(7(2)10)8(3)11/h5-6,10H,4H2,1-3H3/b6-5+,9-7?. The Hall–Kier alpha value is -1.25. The lowest BCUT2D eigenvalue weighted by Gasteiger charge is -1.98. The zero-order valence-electron chi connectivity index (χ0n) is 7.63. The first kappa shape index (κ1) is 10.8. The van der Waals surface area contributed by atoms with E-state index in [0.717, 1.165) is 0 Å². The van der Waals surface area contributed by atoms with Gasteiger partial charge in [0.1, 0.15) is 5.76 Å². The second kappa shape index (κ2) is 5.41. The molecule has 1 N–H and O–H groups in total. The molecule has 0 aliphatic carbocycles. The number of aliphatic hydroxyl groups is 1. The van der Waals surface area contributed by atoms with Crippen molar-refractivity contribution in [3.05, 3.63) is 23.7 Å². The number of Topliss-reactive ketones (excluding diaryl/α,β-unsaturated/α-hetero) is 1. The Morgan fingerprint density at radius 1 is 1.50 bits per heavy atom. The van der Waals surface area contributed by atoms with Crippen LogP contribution in [0.5, 0.6) is 0 Å². The molecule has 0 atom stereocenters. The second-order valence-electron chi connectivity index (χ2n) is 2.31. The lowest BCUT2D eigenvalue weighted by Crippen LogP contribution is -1.97. The summed E-state index contributed by atoms with van der Waals surface area (Å²) in [6.45, 7) is 5.25. The van der Waals surface area contributed by atoms with Crippen LogP contribution in [0.3, 0.4) is 0 Å². The van der Waals surface area contributed by atoms with E-state index in [1.165, 1.54) is 26.2 Å². The van der Waals surface area contributed by atoms with Gasteiger partial charge in [-0.1, -0.05) is 0 Å². The summed E-state index contributed by atoms with van der Waals surface area (Å²) >= 11 is 0. The highest BCUT2D eigenvalue weighted by molar-refractivity contribution is 5.96. The zero-order chi connectivity index (χ0) is 9.56. The molecule has 0 rings (SSSR count). The molecule has 0 fully saturated rings. The minimum atomic E-state index is -0.175. The lowest BCUT2D eigenvalue weighted by atomic mass is 10.1. The van der Waals surface area contributed by atoms with Gasteiger partial charge < -0.3 is 9.84 Å². The summed E-state index contributed by atoms with van der Waals surface area (Å²) in [6.07, 6.45) is 2.86. The molecule has 68 valence electrons. The first-order chi connectivity index (χ1) is 5.59. The fourth-order valence-electron chi connectivity index (χ4n) is 0.705. The van der Waals surface area contributed by atoms with Gasteiger partial charge in [0.25, 0.3) is 0 Å². The third kappa shape index (κ3) is 3.81. The van der Waals surface area contributed by atoms with Gasteiger partial charge in [-0.25, -0.2) is 0 Å². The SMILES string of the molecule is CCO/C=C/C(C(C)=O)=C(C)O. The molecule has 0 aromatic rings. The van der Waals surface area contributed by atoms with E-state index in [-0.39, 0.29) is 17.1 Å². The summed E-state index contributed by atoms with van der Waals surface area (Å²) in [5.74, 6) is -0.163. The molecule has 0 unspecified atom stereocenters. The number of ketones is 1. The van der Waals surface area contributed by atoms with Crippen molar-refractivity contribution in [3.8, 4) is 0 Å². The van der Waals surface area contributed by atoms with Crippen LogP contribution < -0.4 is 0 Å². The molecule has 0 aliphatic heterocycles. The maximum Gasteiger partial charge on any atom is 0.163 e. The number of rotatable bonds is 4. The van der Waals surface area contributed by atoms with Gasteiger partial charge in [0.15, 0.2) is 5.78 Å². The summed E-state index contributed by atoms with van der Waals surface area (Å²) in [4.78, 5) is 10.9. The molecule has 0 aliphatic rings. The van der Waals surface area contributed by atoms with E-state index in [0.29, 0.717) is 6.61 Å². The van der Waals surface area contributed by atoms with Crippen molar-refractivity contribution in [3.63, 3.8) is 0 Å². The van der Waals surface area contributed by atoms with Crippen molar-refractivity contribution in [1.82, 2.24) is 0 Å². The van der Waals surface area contributed by atoms with Crippen LogP contribution in [0, 0.1) is 0 Å². The number of carbonyl (C=O) groups is 1. The van der Waals surface area contributed by atoms with Crippen LogP contribution in [0.2, 0.25) is 0 Å². The van der Waals surface area contributed by atoms with Crippen LogP contribution >= 0.6 is 0 Å². The molecule has 12 heavy (non-hydrogen) atoms. The second-order valence-corrected chi connectivity index (χ2v) is 2.31. The summed E-state index contributed by atoms with van der Waals surface area (Å²) < 4.78 is 4.89. The van der Waals surface area contributed by atoms with Crippen LogP contribution in [0.1, 0.15) is 20.8 Å². The van der Waals surface area contributed by atoms with E-state index < -0.39 is 0 Å². The van der Waals surface area contributed by atoms with Crippen LogP contribution in [0.25, 0.3) is 0 Å². The predicted molar refractivity (Wildman–Crippen MR) is 46.8 cm³/mol. The quantitative estimate of drug-likeness (QED) is 0.398. The van der Waals surface area contributed by atoms with Crippen LogP contribution in [0.4, 0.5) is 0 Å². The van der Waals surface area contributed by atoms with Crippen molar-refractivity contribution in [2.24, 2.45) is 0 Å². The Morgan fingerprint density at radius 2 is 2.08 bits per heavy atom. The highest BCUT2D eigenvalue weighted by Gasteiger charge is 2.02. The number of allylic oxidation sites excluding steroid dienone is 3. The molecule has 0 saturated carbocycles. The number of aliphatic hydroxyl groups excluding tert-OH is 1. The van der Waals surface area contributed by atoms with Crippen LogP contribution in [0.15, 0.2) is 23.7 Å². The van der Waals surface area contributed by atoms with Crippen LogP contribution in [-0.2, 0) is 9.53 Å². The summed E-state index contributed by atoms with van der Waals surface area (Å²) in [6, 6.07) is 0. The zero-order valence-corrected chi connectivity index (χ0v) is 7.63. The molecule has 0 aromatic heterocycles. The Balaban J connectivity index is 4.37. The number of hydrogen-bond donors (Lipinski definition) is 1. The van der Waals surface area contributed by atoms with Gasteiger partial charge in [-0.2, -0.15) is 0 Å². The molecule has 0 saturated heterocycles. The third-order valence-corrected chi connectivity index (χ3v) is 1.27. The smallest absolute Gasteiger partial charge is 0.163 e. The highest BCUT2D eigenvalue weighted by Crippen LogP contribution is 2.04. The minimum Gasteiger partial charge on any atom is -0.512 e. The van der Waals surface area contributed by atoms with Gasteiger partial charge in [0, 0.05) is 0 Å². The van der Waals surface area contributed by atoms with Gasteiger partial charge in [-0.15, -0.1) is 0 Å². The van der Waals surface area contributed by atoms with E-state index in [9.17, 15) is 4.79 Å². The molecule has 0 heterocycles. The average molecular weight is 170 g/mol. The average Bonchev–Trinajstić information content (AvgIpc) is 1.96. The summed E-state index contributed by atoms with van der Waals surface area (Å²) in [5, 5.41) is 9.03. The minimum absolute atomic E-state index is 0.0125. The van der Waals surface area contributed by atoms with Crippen molar-refractivity contribution < 1.29 is 14.6 Å². The lowest BCUT2D eigenvalue weighted by molar-refractivity contribution is -0.113. The molecule has 0 bridgehead atoms. The molecule has 3 heteroatoms. The van der Waals surface area contributed by atoms with Gasteiger partial charge in [-0.05, 0) is 26.8 Å². The van der Waals surface area contributed by atoms with E-state index in [1.54, 1.807) is 0 Å². The van der Waals surface area contributed by atoms with Crippen molar-refractivity contribution in [2.75, 3.05) is 6.61 Å². The Morgan fingerprint density at radius 3 is 2.42 bits per heavy atom. The Labute approximate surface area is 72.3 Å². The Bertz CT molecular complexity index is 210. The molecular formula is C9H14O3. The highest BCUT2D eigenvalue weighted by atomic mass is 16.5. The molecule has 0 amide bonds. The van der Waals surface area contributed by atoms with E-state index in [1.807, 2.05) is 6.92 Å². The normalized spacial score (nSPS) is 12.9. The molecular weight excluding hydrogens is 156 g/mol. The monoisotopic (exact) mass is 170 g/mol. The van der Waals surface area contributed by atoms with Gasteiger partial charge in [-0.3, -0.25) is 4.79 Å². The molecule has 0 aromatic carbocycles. The number of hydrogen-bond acceptors (Lipinski definition) is 3. The van der Waals surface area contributed by atoms with E-state index in [4.69, 9.17) is 9.84 Å². The Kier molecular flexibility index (Phi) is 4.84. The maximum absolute atomic E-state index is 10.9. The van der Waals surface area contributed by atoms with Crippen LogP contribution in [-0.4, -0.2) is 17.5 Å². The van der Waals surface area contributed by atoms with Gasteiger partial charge in [0.05, 0.1) is 18.4 Å². The van der Waals surface area contributed by atoms with Crippen molar-refractivity contribution >= 4 is 5.78 Å². The molecule has 3 nitrogen and oxygen atoms in total. The van der Waals surface area contributed by atoms with E-state index >= 15 is 0 Å². The summed E-state index contributed by atoms with van der Waals surface area (Å²) in [7, 11) is 0. The first-order valence-corrected chi connectivity index (χ1v) is 3.78. The first-order valence-electron chi connectivity index (χ1n) is 3.78. The van der Waals surface area contributed by atoms with Gasteiger partial charge in [0.2, 0.25) is 0 Å². The fraction of sp³-hybridized carbons (Fsp3) is 0.444. The van der Waals surface area contributed by atoms with Crippen molar-refractivity contribution in [2.45, 2.75) is 20.8 Å². The van der Waals surface area contributed by atoms with E-state index in [2.05, 4.69) is 0 Å². The van der Waals surface area contributed by atoms with Gasteiger partial charge >= 0.3 is 0 Å². The molecule has 0 radical (unpaired) electrons. The third-order valence-electron chi connectivity index (χ3n) is 1.27. The fourth-order valence-corrected chi connectivity index (χ4v) is 0.705. The topological polar surface area (TPSA) is 46.5 Å². The number of carbonyl (C=O) groups excluding carboxylic acids is 1. The maximum atomic E-state index is 10.9. The number of ether oxygens (including phenoxy) is 1. The molecule has 0 spiro atoms.